The topological polar surface area (TPSA) is 24.5 Å². The molecule has 0 spiro atoms. The van der Waals surface area contributed by atoms with Crippen molar-refractivity contribution in [3.05, 3.63) is 0 Å². The molecule has 0 aromatic heterocycles. The first-order valence-electron chi connectivity index (χ1n) is 6.04. The predicted octanol–water partition coefficient (Wildman–Crippen LogP) is 1.34. The van der Waals surface area contributed by atoms with Gasteiger partial charge in [-0.1, -0.05) is 20.8 Å². The Bertz CT molecular complexity index is 182. The summed E-state index contributed by atoms with van der Waals surface area (Å²) in [5.41, 5.74) is 0.403. The second-order valence-electron chi connectivity index (χ2n) is 5.40. The zero-order valence-corrected chi connectivity index (χ0v) is 10.7. The van der Waals surface area contributed by atoms with Crippen LogP contribution in [0.25, 0.3) is 0 Å². The normalized spacial score (nSPS) is 24.4. The van der Waals surface area contributed by atoms with Crippen LogP contribution in [-0.2, 0) is 4.74 Å². The Labute approximate surface area is 94.2 Å². The molecule has 0 radical (unpaired) electrons. The van der Waals surface area contributed by atoms with Crippen LogP contribution in [0.1, 0.15) is 27.2 Å². The van der Waals surface area contributed by atoms with Crippen LogP contribution in [-0.4, -0.2) is 50.8 Å². The molecular formula is C12H26N2O. The molecule has 1 saturated heterocycles. The lowest BCUT2D eigenvalue weighted by molar-refractivity contribution is -0.0189. The molecule has 0 aliphatic carbocycles. The third kappa shape index (κ3) is 4.96. The van der Waals surface area contributed by atoms with Gasteiger partial charge < -0.3 is 15.0 Å². The van der Waals surface area contributed by atoms with Crippen LogP contribution >= 0.6 is 0 Å². The number of hydrogen-bond donors (Lipinski definition) is 1. The van der Waals surface area contributed by atoms with Gasteiger partial charge in [-0.15, -0.1) is 0 Å². The molecule has 1 aliphatic heterocycles. The second kappa shape index (κ2) is 5.83. The summed E-state index contributed by atoms with van der Waals surface area (Å²) in [7, 11) is 2.16. The zero-order chi connectivity index (χ0) is 11.3. The minimum atomic E-state index is 0.372. The lowest BCUT2D eigenvalue weighted by Gasteiger charge is -2.31. The summed E-state index contributed by atoms with van der Waals surface area (Å²) in [5.74, 6) is 0. The average Bonchev–Trinajstić information content (AvgIpc) is 2.18. The molecule has 15 heavy (non-hydrogen) atoms. The molecule has 0 aromatic rings. The van der Waals surface area contributed by atoms with Gasteiger partial charge in [0.1, 0.15) is 0 Å². The Kier molecular flexibility index (Phi) is 5.03. The van der Waals surface area contributed by atoms with E-state index in [1.165, 1.54) is 6.42 Å². The Morgan fingerprint density at radius 2 is 2.20 bits per heavy atom. The third-order valence-electron chi connectivity index (χ3n) is 3.27. The van der Waals surface area contributed by atoms with Crippen LogP contribution < -0.4 is 5.32 Å². The monoisotopic (exact) mass is 214 g/mol. The third-order valence-corrected chi connectivity index (χ3v) is 3.27. The van der Waals surface area contributed by atoms with E-state index in [2.05, 4.69) is 38.0 Å². The molecule has 1 aliphatic rings. The first-order valence-corrected chi connectivity index (χ1v) is 6.04. The summed E-state index contributed by atoms with van der Waals surface area (Å²) in [6, 6.07) is 0. The van der Waals surface area contributed by atoms with Crippen LogP contribution in [0.15, 0.2) is 0 Å². The summed E-state index contributed by atoms with van der Waals surface area (Å²) in [6.07, 6.45) is 1.59. The van der Waals surface area contributed by atoms with Crippen molar-refractivity contribution >= 4 is 0 Å². The van der Waals surface area contributed by atoms with Gasteiger partial charge in [0.25, 0.3) is 0 Å². The van der Waals surface area contributed by atoms with Crippen molar-refractivity contribution in [2.45, 2.75) is 33.3 Å². The van der Waals surface area contributed by atoms with E-state index in [9.17, 15) is 0 Å². The Balaban J connectivity index is 2.14. The fraction of sp³-hybridized carbons (Fsp3) is 1.00. The minimum absolute atomic E-state index is 0.372. The number of rotatable bonds is 5. The van der Waals surface area contributed by atoms with Gasteiger partial charge in [-0.25, -0.2) is 0 Å². The van der Waals surface area contributed by atoms with Gasteiger partial charge >= 0.3 is 0 Å². The maximum absolute atomic E-state index is 5.69. The van der Waals surface area contributed by atoms with Gasteiger partial charge in [-0.2, -0.15) is 0 Å². The van der Waals surface area contributed by atoms with E-state index in [-0.39, 0.29) is 0 Å². The minimum Gasteiger partial charge on any atom is -0.374 e. The molecule has 1 fully saturated rings. The van der Waals surface area contributed by atoms with E-state index in [0.29, 0.717) is 11.5 Å². The lowest BCUT2D eigenvalue weighted by atomic mass is 9.90. The molecule has 1 rings (SSSR count). The van der Waals surface area contributed by atoms with Crippen molar-refractivity contribution in [2.24, 2.45) is 5.41 Å². The molecule has 0 amide bonds. The van der Waals surface area contributed by atoms with Gasteiger partial charge in [-0.3, -0.25) is 0 Å². The summed E-state index contributed by atoms with van der Waals surface area (Å²) in [5, 5.41) is 3.52. The van der Waals surface area contributed by atoms with Gasteiger partial charge in [0.2, 0.25) is 0 Å². The maximum atomic E-state index is 5.69. The van der Waals surface area contributed by atoms with Crippen molar-refractivity contribution in [1.29, 1.82) is 0 Å². The van der Waals surface area contributed by atoms with E-state index in [1.54, 1.807) is 0 Å². The van der Waals surface area contributed by atoms with Gasteiger partial charge in [-0.05, 0) is 18.9 Å². The largest absolute Gasteiger partial charge is 0.374 e. The average molecular weight is 214 g/mol. The van der Waals surface area contributed by atoms with Crippen LogP contribution in [0.3, 0.4) is 0 Å². The maximum Gasteiger partial charge on any atom is 0.0826 e. The number of nitrogens with one attached hydrogen (secondary N) is 1. The van der Waals surface area contributed by atoms with E-state index in [0.717, 1.165) is 32.8 Å². The lowest BCUT2D eigenvalue weighted by Crippen LogP contribution is -2.46. The number of hydrogen-bond acceptors (Lipinski definition) is 3. The standard InChI is InChI=1S/C12H26N2O/c1-5-12(2,3)10-13-8-11-9-14(4)6-7-15-11/h11,13H,5-10H2,1-4H3. The van der Waals surface area contributed by atoms with Crippen molar-refractivity contribution < 1.29 is 4.74 Å². The molecular weight excluding hydrogens is 188 g/mol. The quantitative estimate of drug-likeness (QED) is 0.747. The second-order valence-corrected chi connectivity index (χ2v) is 5.40. The first kappa shape index (κ1) is 12.9. The Morgan fingerprint density at radius 1 is 1.47 bits per heavy atom. The van der Waals surface area contributed by atoms with Crippen LogP contribution in [0, 0.1) is 5.41 Å². The fourth-order valence-corrected chi connectivity index (χ4v) is 1.69. The molecule has 90 valence electrons. The summed E-state index contributed by atoms with van der Waals surface area (Å²) in [6.45, 7) is 11.9. The van der Waals surface area contributed by atoms with Crippen molar-refractivity contribution in [1.82, 2.24) is 10.2 Å². The SMILES string of the molecule is CCC(C)(C)CNCC1CN(C)CCO1. The van der Waals surface area contributed by atoms with Gasteiger partial charge in [0.05, 0.1) is 12.7 Å². The number of likely N-dealkylation sites (N-methyl/N-ethyl adjacent to an activating group) is 1. The van der Waals surface area contributed by atoms with Gasteiger partial charge in [0.15, 0.2) is 0 Å². The Hall–Kier alpha value is -0.120. The smallest absolute Gasteiger partial charge is 0.0826 e. The fourth-order valence-electron chi connectivity index (χ4n) is 1.69. The highest BCUT2D eigenvalue weighted by atomic mass is 16.5. The number of ether oxygens (including phenoxy) is 1. The van der Waals surface area contributed by atoms with E-state index in [1.807, 2.05) is 0 Å². The highest BCUT2D eigenvalue weighted by molar-refractivity contribution is 4.74. The number of nitrogens with zero attached hydrogens (tertiary/aromatic N) is 1. The molecule has 3 nitrogen and oxygen atoms in total. The first-order chi connectivity index (χ1) is 7.03. The molecule has 1 N–H and O–H groups in total. The van der Waals surface area contributed by atoms with Crippen molar-refractivity contribution in [3.8, 4) is 0 Å². The van der Waals surface area contributed by atoms with Crippen molar-refractivity contribution in [3.63, 3.8) is 0 Å². The van der Waals surface area contributed by atoms with Crippen LogP contribution in [0.4, 0.5) is 0 Å². The summed E-state index contributed by atoms with van der Waals surface area (Å²) < 4.78 is 5.69. The summed E-state index contributed by atoms with van der Waals surface area (Å²) >= 11 is 0. The summed E-state index contributed by atoms with van der Waals surface area (Å²) in [4.78, 5) is 2.33. The highest BCUT2D eigenvalue weighted by Gasteiger charge is 2.19. The molecule has 1 unspecified atom stereocenters. The zero-order valence-electron chi connectivity index (χ0n) is 10.7. The van der Waals surface area contributed by atoms with Gasteiger partial charge in [0, 0.05) is 26.2 Å². The van der Waals surface area contributed by atoms with Crippen molar-refractivity contribution in [2.75, 3.05) is 39.8 Å². The number of morpholine rings is 1. The molecule has 1 heterocycles. The highest BCUT2D eigenvalue weighted by Crippen LogP contribution is 2.17. The van der Waals surface area contributed by atoms with Crippen LogP contribution in [0.5, 0.6) is 0 Å². The van der Waals surface area contributed by atoms with E-state index < -0.39 is 0 Å². The molecule has 0 aromatic carbocycles. The Morgan fingerprint density at radius 3 is 2.80 bits per heavy atom. The molecule has 3 heteroatoms. The molecule has 1 atom stereocenters. The molecule has 0 bridgehead atoms. The molecule has 0 saturated carbocycles. The van der Waals surface area contributed by atoms with Crippen LogP contribution in [0.2, 0.25) is 0 Å². The predicted molar refractivity (Wildman–Crippen MR) is 64.2 cm³/mol. The van der Waals surface area contributed by atoms with E-state index in [4.69, 9.17) is 4.74 Å². The van der Waals surface area contributed by atoms with E-state index >= 15 is 0 Å².